The maximum absolute atomic E-state index is 11.4. The second-order valence-corrected chi connectivity index (χ2v) is 5.03. The first-order valence-corrected chi connectivity index (χ1v) is 6.37. The normalized spacial score (nSPS) is 17.2. The van der Waals surface area contributed by atoms with Gasteiger partial charge in [0, 0.05) is 19.0 Å². The molecule has 2 rings (SSSR count). The number of H-pyrrole nitrogens is 1. The fourth-order valence-corrected chi connectivity index (χ4v) is 2.56. The van der Waals surface area contributed by atoms with Crippen molar-refractivity contribution in [1.29, 1.82) is 0 Å². The largest absolute Gasteiger partial charge is 0.355 e. The van der Waals surface area contributed by atoms with Crippen LogP contribution in [0.15, 0.2) is 15.6 Å². The van der Waals surface area contributed by atoms with Crippen LogP contribution in [0.3, 0.4) is 0 Å². The Balaban J connectivity index is 2.13. The number of Topliss-reactive ketones (excluding diaryl/α,β-unsaturated/α-hetero) is 1. The lowest BCUT2D eigenvalue weighted by Crippen LogP contribution is -2.37. The molecule has 92 valence electrons. The third-order valence-electron chi connectivity index (χ3n) is 3.15. The van der Waals surface area contributed by atoms with E-state index in [1.54, 1.807) is 6.92 Å². The molecule has 1 fully saturated rings. The Hall–Kier alpha value is -1.17. The summed E-state index contributed by atoms with van der Waals surface area (Å²) in [7, 11) is 0. The van der Waals surface area contributed by atoms with Crippen molar-refractivity contribution in [2.45, 2.75) is 19.8 Å². The lowest BCUT2D eigenvalue weighted by atomic mass is 9.93. The van der Waals surface area contributed by atoms with E-state index in [1.807, 2.05) is 4.90 Å². The minimum absolute atomic E-state index is 0.159. The molecule has 0 bridgehead atoms. The first-order valence-electron chi connectivity index (χ1n) is 5.58. The van der Waals surface area contributed by atoms with Crippen LogP contribution < -0.4 is 10.5 Å². The molecule has 6 heteroatoms. The Morgan fingerprint density at radius 1 is 1.53 bits per heavy atom. The van der Waals surface area contributed by atoms with Crippen LogP contribution in [0.4, 0.5) is 5.82 Å². The Morgan fingerprint density at radius 2 is 2.18 bits per heavy atom. The zero-order valence-electron chi connectivity index (χ0n) is 9.57. The van der Waals surface area contributed by atoms with Crippen molar-refractivity contribution >= 4 is 27.5 Å². The lowest BCUT2D eigenvalue weighted by molar-refractivity contribution is -0.121. The maximum atomic E-state index is 11.4. The molecular formula is C11H14BrN3O2. The third kappa shape index (κ3) is 2.57. The molecule has 2 heterocycles. The molecule has 0 radical (unpaired) electrons. The van der Waals surface area contributed by atoms with Crippen molar-refractivity contribution in [3.05, 3.63) is 21.2 Å². The van der Waals surface area contributed by atoms with E-state index in [1.165, 1.54) is 6.33 Å². The predicted octanol–water partition coefficient (Wildman–Crippen LogP) is 1.34. The van der Waals surface area contributed by atoms with Gasteiger partial charge < -0.3 is 9.88 Å². The Labute approximate surface area is 107 Å². The van der Waals surface area contributed by atoms with E-state index < -0.39 is 0 Å². The quantitative estimate of drug-likeness (QED) is 0.895. The number of carbonyl (C=O) groups excluding carboxylic acids is 1. The van der Waals surface area contributed by atoms with Crippen molar-refractivity contribution in [1.82, 2.24) is 9.97 Å². The molecule has 0 spiro atoms. The molecular weight excluding hydrogens is 286 g/mol. The van der Waals surface area contributed by atoms with Gasteiger partial charge in [-0.05, 0) is 35.7 Å². The lowest BCUT2D eigenvalue weighted by Gasteiger charge is -2.31. The van der Waals surface area contributed by atoms with E-state index in [9.17, 15) is 9.59 Å². The Morgan fingerprint density at radius 3 is 2.76 bits per heavy atom. The van der Waals surface area contributed by atoms with Crippen LogP contribution in [0.25, 0.3) is 0 Å². The van der Waals surface area contributed by atoms with Gasteiger partial charge in [0.05, 0.1) is 6.33 Å². The summed E-state index contributed by atoms with van der Waals surface area (Å²) in [6, 6.07) is 0. The number of nitrogens with one attached hydrogen (secondary N) is 1. The Bertz CT molecular complexity index is 478. The number of halogens is 1. The van der Waals surface area contributed by atoms with Gasteiger partial charge in [-0.15, -0.1) is 0 Å². The molecule has 0 atom stereocenters. The number of hydrogen-bond acceptors (Lipinski definition) is 4. The minimum Gasteiger partial charge on any atom is -0.355 e. The van der Waals surface area contributed by atoms with E-state index in [0.717, 1.165) is 25.9 Å². The molecule has 0 saturated carbocycles. The van der Waals surface area contributed by atoms with Gasteiger partial charge >= 0.3 is 0 Å². The summed E-state index contributed by atoms with van der Waals surface area (Å²) >= 11 is 3.24. The molecule has 1 aromatic rings. The average molecular weight is 300 g/mol. The van der Waals surface area contributed by atoms with Crippen molar-refractivity contribution < 1.29 is 4.79 Å². The second kappa shape index (κ2) is 5.00. The van der Waals surface area contributed by atoms with Gasteiger partial charge in [-0.25, -0.2) is 4.98 Å². The highest BCUT2D eigenvalue weighted by molar-refractivity contribution is 9.10. The molecule has 0 aromatic carbocycles. The van der Waals surface area contributed by atoms with Gasteiger partial charge in [0.15, 0.2) is 0 Å². The van der Waals surface area contributed by atoms with Crippen LogP contribution in [-0.4, -0.2) is 28.8 Å². The zero-order valence-corrected chi connectivity index (χ0v) is 11.2. The number of aromatic nitrogens is 2. The highest BCUT2D eigenvalue weighted by atomic mass is 79.9. The fourth-order valence-electron chi connectivity index (χ4n) is 2.09. The SMILES string of the molecule is CC(=O)C1CCN(c2nc[nH]c(=O)c2Br)CC1. The van der Waals surface area contributed by atoms with Crippen LogP contribution in [0.2, 0.25) is 0 Å². The molecule has 0 unspecified atom stereocenters. The molecule has 1 aliphatic rings. The zero-order chi connectivity index (χ0) is 12.4. The number of rotatable bonds is 2. The molecule has 0 aliphatic carbocycles. The van der Waals surface area contributed by atoms with E-state index in [-0.39, 0.29) is 17.3 Å². The number of nitrogens with zero attached hydrogens (tertiary/aromatic N) is 2. The first kappa shape index (κ1) is 12.3. The van der Waals surface area contributed by atoms with Gasteiger partial charge in [0.25, 0.3) is 5.56 Å². The highest BCUT2D eigenvalue weighted by Crippen LogP contribution is 2.25. The minimum atomic E-state index is -0.177. The van der Waals surface area contributed by atoms with Crippen molar-refractivity contribution in [3.8, 4) is 0 Å². The summed E-state index contributed by atoms with van der Waals surface area (Å²) < 4.78 is 0.460. The number of ketones is 1. The van der Waals surface area contributed by atoms with E-state index in [4.69, 9.17) is 0 Å². The smallest absolute Gasteiger partial charge is 0.267 e. The maximum Gasteiger partial charge on any atom is 0.267 e. The van der Waals surface area contributed by atoms with Crippen LogP contribution in [0.1, 0.15) is 19.8 Å². The van der Waals surface area contributed by atoms with E-state index >= 15 is 0 Å². The molecule has 1 aliphatic heterocycles. The fraction of sp³-hybridized carbons (Fsp3) is 0.545. The molecule has 17 heavy (non-hydrogen) atoms. The van der Waals surface area contributed by atoms with Crippen LogP contribution in [0.5, 0.6) is 0 Å². The molecule has 1 saturated heterocycles. The number of anilines is 1. The van der Waals surface area contributed by atoms with E-state index in [0.29, 0.717) is 10.3 Å². The topological polar surface area (TPSA) is 66.1 Å². The van der Waals surface area contributed by atoms with Gasteiger partial charge in [0.1, 0.15) is 16.1 Å². The summed E-state index contributed by atoms with van der Waals surface area (Å²) in [6.45, 7) is 3.17. The van der Waals surface area contributed by atoms with Crippen molar-refractivity contribution in [3.63, 3.8) is 0 Å². The number of carbonyl (C=O) groups is 1. The predicted molar refractivity (Wildman–Crippen MR) is 68.2 cm³/mol. The number of aromatic amines is 1. The molecule has 1 N–H and O–H groups in total. The van der Waals surface area contributed by atoms with Crippen LogP contribution in [0, 0.1) is 5.92 Å². The summed E-state index contributed by atoms with van der Waals surface area (Å²) in [4.78, 5) is 31.4. The summed E-state index contributed by atoms with van der Waals surface area (Å²) in [6.07, 6.45) is 3.06. The Kier molecular flexibility index (Phi) is 3.61. The van der Waals surface area contributed by atoms with E-state index in [2.05, 4.69) is 25.9 Å². The summed E-state index contributed by atoms with van der Waals surface area (Å²) in [5, 5.41) is 0. The van der Waals surface area contributed by atoms with Crippen LogP contribution >= 0.6 is 15.9 Å². The second-order valence-electron chi connectivity index (χ2n) is 4.24. The summed E-state index contributed by atoms with van der Waals surface area (Å²) in [5.41, 5.74) is -0.177. The number of piperidine rings is 1. The van der Waals surface area contributed by atoms with Gasteiger partial charge in [-0.1, -0.05) is 0 Å². The molecule has 5 nitrogen and oxygen atoms in total. The average Bonchev–Trinajstić information content (AvgIpc) is 2.33. The monoisotopic (exact) mass is 299 g/mol. The highest BCUT2D eigenvalue weighted by Gasteiger charge is 2.24. The van der Waals surface area contributed by atoms with Crippen molar-refractivity contribution in [2.75, 3.05) is 18.0 Å². The molecule has 1 aromatic heterocycles. The summed E-state index contributed by atoms with van der Waals surface area (Å²) in [5.74, 6) is 1.07. The van der Waals surface area contributed by atoms with Gasteiger partial charge in [-0.2, -0.15) is 0 Å². The molecule has 0 amide bonds. The van der Waals surface area contributed by atoms with Gasteiger partial charge in [-0.3, -0.25) is 9.59 Å². The van der Waals surface area contributed by atoms with Gasteiger partial charge in [0.2, 0.25) is 0 Å². The van der Waals surface area contributed by atoms with Crippen molar-refractivity contribution in [2.24, 2.45) is 5.92 Å². The van der Waals surface area contributed by atoms with Crippen LogP contribution in [-0.2, 0) is 4.79 Å². The third-order valence-corrected chi connectivity index (χ3v) is 3.86. The number of hydrogen-bond donors (Lipinski definition) is 1. The standard InChI is InChI=1S/C11H14BrN3O2/c1-7(16)8-2-4-15(5-3-8)10-9(12)11(17)14-6-13-10/h6,8H,2-5H2,1H3,(H,13,14,17). The first-order chi connectivity index (χ1) is 8.09.